The summed E-state index contributed by atoms with van der Waals surface area (Å²) in [7, 11) is 3.23. The van der Waals surface area contributed by atoms with Crippen molar-refractivity contribution in [2.45, 2.75) is 91.0 Å². The van der Waals surface area contributed by atoms with Gasteiger partial charge < -0.3 is 14.5 Å². The number of H-pyrrole nitrogens is 1. The molecule has 0 saturated heterocycles. The molecule has 0 bridgehead atoms. The minimum atomic E-state index is -0.105. The molecule has 0 aliphatic rings. The Morgan fingerprint density at radius 2 is 1.62 bits per heavy atom. The summed E-state index contributed by atoms with van der Waals surface area (Å²) in [6, 6.07) is 5.76. The van der Waals surface area contributed by atoms with Gasteiger partial charge in [0.2, 0.25) is 0 Å². The second-order valence-electron chi connectivity index (χ2n) is 8.97. The van der Waals surface area contributed by atoms with Gasteiger partial charge in [0.25, 0.3) is 5.56 Å². The van der Waals surface area contributed by atoms with Gasteiger partial charge in [-0.25, -0.2) is 9.67 Å². The van der Waals surface area contributed by atoms with Crippen LogP contribution in [0.3, 0.4) is 0 Å². The molecular weight excluding hydrogens is 428 g/mol. The fraction of sp³-hybridized carbons (Fsp3) is 0.593. The quantitative estimate of drug-likeness (QED) is 0.284. The minimum absolute atomic E-state index is 0.105. The number of fused-ring (bicyclic) bond motifs is 1. The smallest absolute Gasteiger partial charge is 0.262 e. The third kappa shape index (κ3) is 6.61. The lowest BCUT2D eigenvalue weighted by Crippen LogP contribution is -2.14. The summed E-state index contributed by atoms with van der Waals surface area (Å²) in [5.41, 5.74) is 2.43. The van der Waals surface area contributed by atoms with E-state index in [1.54, 1.807) is 14.2 Å². The maximum atomic E-state index is 13.0. The highest BCUT2D eigenvalue weighted by atomic mass is 16.5. The summed E-state index contributed by atoms with van der Waals surface area (Å²) in [6.07, 6.45) is 12.3. The lowest BCUT2D eigenvalue weighted by atomic mass is 10.1. The number of aryl methyl sites for hydroxylation is 2. The van der Waals surface area contributed by atoms with Gasteiger partial charge in [-0.1, -0.05) is 71.3 Å². The zero-order chi connectivity index (χ0) is 24.3. The molecule has 0 fully saturated rings. The van der Waals surface area contributed by atoms with Gasteiger partial charge >= 0.3 is 0 Å². The molecule has 7 nitrogen and oxygen atoms in total. The predicted molar refractivity (Wildman–Crippen MR) is 137 cm³/mol. The predicted octanol–water partition coefficient (Wildman–Crippen LogP) is 5.82. The molecule has 0 amide bonds. The Bertz CT molecular complexity index is 1100. The molecule has 3 rings (SSSR count). The maximum Gasteiger partial charge on any atom is 0.262 e. The number of hydrogen-bond acceptors (Lipinski definition) is 5. The summed E-state index contributed by atoms with van der Waals surface area (Å²) in [5, 5.41) is 5.43. The number of nitrogens with zero attached hydrogens (tertiary/aromatic N) is 3. The molecule has 1 N–H and O–H groups in total. The average Bonchev–Trinajstić information content (AvgIpc) is 3.18. The van der Waals surface area contributed by atoms with Crippen LogP contribution < -0.4 is 15.0 Å². The summed E-state index contributed by atoms with van der Waals surface area (Å²) >= 11 is 0. The normalized spacial score (nSPS) is 11.3. The molecule has 0 aliphatic heterocycles. The fourth-order valence-corrected chi connectivity index (χ4v) is 4.43. The number of methoxy groups -OCH3 is 2. The van der Waals surface area contributed by atoms with Crippen molar-refractivity contribution in [2.24, 2.45) is 0 Å². The van der Waals surface area contributed by atoms with Crippen molar-refractivity contribution in [3.05, 3.63) is 45.6 Å². The lowest BCUT2D eigenvalue weighted by Gasteiger charge is -2.09. The van der Waals surface area contributed by atoms with E-state index in [4.69, 9.17) is 19.6 Å². The highest BCUT2D eigenvalue weighted by Crippen LogP contribution is 2.28. The number of rotatable bonds is 15. The Morgan fingerprint density at radius 3 is 2.29 bits per heavy atom. The number of ether oxygens (including phenoxy) is 2. The number of aromatic amines is 1. The third-order valence-electron chi connectivity index (χ3n) is 6.25. The molecule has 1 aromatic carbocycles. The topological polar surface area (TPSA) is 82.0 Å². The lowest BCUT2D eigenvalue weighted by molar-refractivity contribution is 0.354. The van der Waals surface area contributed by atoms with Crippen LogP contribution in [0.4, 0.5) is 0 Å². The standard InChI is InChI=1S/C27H40N4O3/c1-5-7-8-9-10-11-12-13-17-31-26-25(21(30-31)14-6-2)27(32)29-24(28-26)19-20-15-16-22(33-3)23(18-20)34-4/h15-16,18H,5-14,17,19H2,1-4H3,(H,28,29,32). The first-order valence-corrected chi connectivity index (χ1v) is 12.8. The molecule has 0 saturated carbocycles. The van der Waals surface area contributed by atoms with E-state index >= 15 is 0 Å². The fourth-order valence-electron chi connectivity index (χ4n) is 4.43. The van der Waals surface area contributed by atoms with Crippen LogP contribution in [0.5, 0.6) is 11.5 Å². The Labute approximate surface area is 202 Å². The first-order valence-electron chi connectivity index (χ1n) is 12.8. The van der Waals surface area contributed by atoms with Crippen molar-refractivity contribution in [3.8, 4) is 11.5 Å². The zero-order valence-corrected chi connectivity index (χ0v) is 21.3. The van der Waals surface area contributed by atoms with Crippen LogP contribution >= 0.6 is 0 Å². The van der Waals surface area contributed by atoms with Gasteiger partial charge in [-0.05, 0) is 30.5 Å². The van der Waals surface area contributed by atoms with E-state index in [0.29, 0.717) is 34.8 Å². The molecule has 0 unspecified atom stereocenters. The molecule has 3 aromatic rings. The molecule has 2 heterocycles. The Morgan fingerprint density at radius 1 is 0.912 bits per heavy atom. The van der Waals surface area contributed by atoms with E-state index in [-0.39, 0.29) is 5.56 Å². The van der Waals surface area contributed by atoms with Crippen LogP contribution in [0.2, 0.25) is 0 Å². The average molecular weight is 469 g/mol. The van der Waals surface area contributed by atoms with Crippen LogP contribution in [0, 0.1) is 0 Å². The zero-order valence-electron chi connectivity index (χ0n) is 21.3. The second kappa shape index (κ2) is 13.2. The van der Waals surface area contributed by atoms with Crippen LogP contribution in [0.1, 0.15) is 88.7 Å². The molecule has 2 aromatic heterocycles. The summed E-state index contributed by atoms with van der Waals surface area (Å²) in [4.78, 5) is 20.9. The Hall–Kier alpha value is -2.83. The van der Waals surface area contributed by atoms with E-state index < -0.39 is 0 Å². The third-order valence-corrected chi connectivity index (χ3v) is 6.25. The summed E-state index contributed by atoms with van der Waals surface area (Å²) in [5.74, 6) is 1.97. The SMILES string of the molecule is CCCCCCCCCCn1nc(CCC)c2c(=O)[nH]c(Cc3ccc(OC)c(OC)c3)nc21. The van der Waals surface area contributed by atoms with Crippen molar-refractivity contribution >= 4 is 11.0 Å². The number of benzene rings is 1. The van der Waals surface area contributed by atoms with Gasteiger partial charge in [0.05, 0.1) is 19.9 Å². The van der Waals surface area contributed by atoms with Gasteiger partial charge in [0.1, 0.15) is 11.2 Å². The van der Waals surface area contributed by atoms with Crippen molar-refractivity contribution < 1.29 is 9.47 Å². The molecule has 0 aliphatic carbocycles. The molecular formula is C27H40N4O3. The number of hydrogen-bond donors (Lipinski definition) is 1. The first kappa shape index (κ1) is 25.8. The van der Waals surface area contributed by atoms with Gasteiger partial charge in [-0.2, -0.15) is 5.10 Å². The van der Waals surface area contributed by atoms with E-state index in [1.165, 1.54) is 44.9 Å². The molecule has 0 spiro atoms. The van der Waals surface area contributed by atoms with Crippen molar-refractivity contribution in [2.75, 3.05) is 14.2 Å². The van der Waals surface area contributed by atoms with Crippen molar-refractivity contribution in [1.29, 1.82) is 0 Å². The van der Waals surface area contributed by atoms with E-state index in [9.17, 15) is 4.79 Å². The summed E-state index contributed by atoms with van der Waals surface area (Å²) < 4.78 is 12.7. The second-order valence-corrected chi connectivity index (χ2v) is 8.97. The van der Waals surface area contributed by atoms with Crippen molar-refractivity contribution in [1.82, 2.24) is 19.7 Å². The molecule has 0 atom stereocenters. The van der Waals surface area contributed by atoms with Gasteiger partial charge in [-0.15, -0.1) is 0 Å². The summed E-state index contributed by atoms with van der Waals surface area (Å²) in [6.45, 7) is 5.15. The van der Waals surface area contributed by atoms with Crippen LogP contribution in [0.25, 0.3) is 11.0 Å². The maximum absolute atomic E-state index is 13.0. The molecule has 186 valence electrons. The molecule has 7 heteroatoms. The van der Waals surface area contributed by atoms with Gasteiger partial charge in [-0.3, -0.25) is 4.79 Å². The largest absolute Gasteiger partial charge is 0.493 e. The highest BCUT2D eigenvalue weighted by Gasteiger charge is 2.17. The van der Waals surface area contributed by atoms with Crippen LogP contribution in [-0.2, 0) is 19.4 Å². The number of nitrogens with one attached hydrogen (secondary N) is 1. The number of aromatic nitrogens is 4. The van der Waals surface area contributed by atoms with E-state index in [2.05, 4.69) is 18.8 Å². The Balaban J connectivity index is 1.77. The first-order chi connectivity index (χ1) is 16.6. The monoisotopic (exact) mass is 468 g/mol. The van der Waals surface area contributed by atoms with Gasteiger partial charge in [0, 0.05) is 13.0 Å². The van der Waals surface area contributed by atoms with Crippen LogP contribution in [0.15, 0.2) is 23.0 Å². The number of unbranched alkanes of at least 4 members (excludes halogenated alkanes) is 7. The highest BCUT2D eigenvalue weighted by molar-refractivity contribution is 5.77. The Kier molecular flexibility index (Phi) is 9.98. The molecule has 0 radical (unpaired) electrons. The van der Waals surface area contributed by atoms with Crippen molar-refractivity contribution in [3.63, 3.8) is 0 Å². The van der Waals surface area contributed by atoms with Crippen LogP contribution in [-0.4, -0.2) is 34.0 Å². The molecule has 34 heavy (non-hydrogen) atoms. The minimum Gasteiger partial charge on any atom is -0.493 e. The van der Waals surface area contributed by atoms with Gasteiger partial charge in [0.15, 0.2) is 17.1 Å². The van der Waals surface area contributed by atoms with E-state index in [0.717, 1.165) is 37.1 Å². The van der Waals surface area contributed by atoms with E-state index in [1.807, 2.05) is 22.9 Å².